The monoisotopic (exact) mass is 548 g/mol. The Balaban J connectivity index is 1.36. The van der Waals surface area contributed by atoms with Crippen molar-refractivity contribution < 1.29 is 32.2 Å². The molecule has 2 aromatic rings. The molecule has 4 rings (SSSR count). The molecule has 2 heterocycles. The smallest absolute Gasteiger partial charge is 0.375 e. The number of carbonyl (C=O) groups excluding carboxylic acids is 2. The second-order valence-electron chi connectivity index (χ2n) is 9.31. The molecule has 204 valence electrons. The van der Waals surface area contributed by atoms with Gasteiger partial charge in [-0.2, -0.15) is 13.2 Å². The number of ether oxygens (including phenoxy) is 2. The van der Waals surface area contributed by atoms with Gasteiger partial charge >= 0.3 is 6.18 Å². The molecule has 0 spiro atoms. The summed E-state index contributed by atoms with van der Waals surface area (Å²) in [4.78, 5) is 26.0. The number of hydrogen-bond donors (Lipinski definition) is 1. The lowest BCUT2D eigenvalue weighted by Gasteiger charge is -2.30. The SMILES string of the molecule is C=C(C(=O)NCCCN1CCCC1=O)c1ccc(SC2COCC(Cc3ccccc3)O2)c(C(F)(F)F)c1. The first-order chi connectivity index (χ1) is 18.2. The van der Waals surface area contributed by atoms with Crippen LogP contribution in [-0.2, 0) is 31.7 Å². The third-order valence-corrected chi connectivity index (χ3v) is 7.56. The minimum absolute atomic E-state index is 0.00120. The van der Waals surface area contributed by atoms with Crippen LogP contribution in [0.2, 0.25) is 0 Å². The summed E-state index contributed by atoms with van der Waals surface area (Å²) in [6.07, 6.45) is -2.34. The van der Waals surface area contributed by atoms with Crippen LogP contribution in [-0.4, -0.2) is 61.1 Å². The molecule has 0 aromatic heterocycles. The molecule has 2 aliphatic rings. The van der Waals surface area contributed by atoms with Crippen LogP contribution in [0.4, 0.5) is 13.2 Å². The highest BCUT2D eigenvalue weighted by Crippen LogP contribution is 2.40. The number of alkyl halides is 3. The molecule has 2 fully saturated rings. The van der Waals surface area contributed by atoms with Crippen LogP contribution in [0.15, 0.2) is 60.0 Å². The molecule has 0 bridgehead atoms. The molecule has 2 saturated heterocycles. The van der Waals surface area contributed by atoms with Gasteiger partial charge in [-0.1, -0.05) is 54.7 Å². The highest BCUT2D eigenvalue weighted by molar-refractivity contribution is 7.99. The molecule has 0 saturated carbocycles. The van der Waals surface area contributed by atoms with Crippen LogP contribution < -0.4 is 5.32 Å². The Morgan fingerprint density at radius 2 is 1.95 bits per heavy atom. The van der Waals surface area contributed by atoms with Gasteiger partial charge < -0.3 is 19.7 Å². The highest BCUT2D eigenvalue weighted by atomic mass is 32.2. The lowest BCUT2D eigenvalue weighted by Crippen LogP contribution is -2.35. The van der Waals surface area contributed by atoms with E-state index in [1.54, 1.807) is 4.90 Å². The molecular formula is C28H31F3N2O4S. The maximum atomic E-state index is 14.0. The maximum absolute atomic E-state index is 14.0. The summed E-state index contributed by atoms with van der Waals surface area (Å²) in [5, 5.41) is 2.68. The van der Waals surface area contributed by atoms with Crippen LogP contribution in [0.1, 0.15) is 36.0 Å². The van der Waals surface area contributed by atoms with Gasteiger partial charge in [-0.15, -0.1) is 0 Å². The van der Waals surface area contributed by atoms with Crippen molar-refractivity contribution in [2.24, 2.45) is 0 Å². The Labute approximate surface area is 224 Å². The van der Waals surface area contributed by atoms with Crippen molar-refractivity contribution in [1.82, 2.24) is 10.2 Å². The molecule has 2 aliphatic heterocycles. The fourth-order valence-corrected chi connectivity index (χ4v) is 5.58. The van der Waals surface area contributed by atoms with Gasteiger partial charge in [0.15, 0.2) is 0 Å². The van der Waals surface area contributed by atoms with E-state index in [0.717, 1.165) is 36.4 Å². The molecule has 1 N–H and O–H groups in total. The summed E-state index contributed by atoms with van der Waals surface area (Å²) < 4.78 is 53.6. The number of halogens is 3. The van der Waals surface area contributed by atoms with E-state index in [-0.39, 0.29) is 34.7 Å². The quantitative estimate of drug-likeness (QED) is 0.337. The first kappa shape index (κ1) is 28.2. The molecule has 2 aromatic carbocycles. The van der Waals surface area contributed by atoms with Crippen LogP contribution >= 0.6 is 11.8 Å². The van der Waals surface area contributed by atoms with Crippen molar-refractivity contribution >= 4 is 29.1 Å². The van der Waals surface area contributed by atoms with Crippen LogP contribution in [0.25, 0.3) is 5.57 Å². The van der Waals surface area contributed by atoms with Gasteiger partial charge in [-0.3, -0.25) is 9.59 Å². The van der Waals surface area contributed by atoms with E-state index in [9.17, 15) is 22.8 Å². The number of nitrogens with zero attached hydrogens (tertiary/aromatic N) is 1. The number of carbonyl (C=O) groups is 2. The molecule has 2 amide bonds. The molecule has 0 radical (unpaired) electrons. The van der Waals surface area contributed by atoms with E-state index in [1.165, 1.54) is 12.1 Å². The Hall–Kier alpha value is -2.82. The molecule has 10 heteroatoms. The van der Waals surface area contributed by atoms with Crippen molar-refractivity contribution in [1.29, 1.82) is 0 Å². The average molecular weight is 549 g/mol. The van der Waals surface area contributed by atoms with Gasteiger partial charge in [0, 0.05) is 42.9 Å². The zero-order chi connectivity index (χ0) is 27.1. The third-order valence-electron chi connectivity index (χ3n) is 6.44. The Bertz CT molecular complexity index is 1140. The van der Waals surface area contributed by atoms with Gasteiger partial charge in [0.05, 0.1) is 24.9 Å². The van der Waals surface area contributed by atoms with Crippen molar-refractivity contribution in [2.75, 3.05) is 32.8 Å². The third kappa shape index (κ3) is 7.61. The molecule has 0 aliphatic carbocycles. The number of benzene rings is 2. The van der Waals surface area contributed by atoms with Gasteiger partial charge in [-0.25, -0.2) is 0 Å². The first-order valence-electron chi connectivity index (χ1n) is 12.6. The minimum Gasteiger partial charge on any atom is -0.375 e. The fraction of sp³-hybridized carbons (Fsp3) is 0.429. The van der Waals surface area contributed by atoms with Crippen LogP contribution in [0, 0.1) is 0 Å². The van der Waals surface area contributed by atoms with E-state index >= 15 is 0 Å². The lowest BCUT2D eigenvalue weighted by atomic mass is 10.0. The summed E-state index contributed by atoms with van der Waals surface area (Å²) in [5.74, 6) is -0.436. The van der Waals surface area contributed by atoms with Crippen molar-refractivity contribution in [3.8, 4) is 0 Å². The number of thioether (sulfide) groups is 1. The predicted octanol–water partition coefficient (Wildman–Crippen LogP) is 4.92. The number of hydrogen-bond acceptors (Lipinski definition) is 5. The molecule has 2 unspecified atom stereocenters. The second kappa shape index (κ2) is 12.8. The largest absolute Gasteiger partial charge is 0.417 e. The number of likely N-dealkylation sites (tertiary alicyclic amines) is 1. The molecule has 38 heavy (non-hydrogen) atoms. The van der Waals surface area contributed by atoms with Crippen molar-refractivity contribution in [3.05, 3.63) is 71.8 Å². The standard InChI is InChI=1S/C28H31F3N2O4S/c1-19(27(35)32-12-6-14-33-13-5-9-25(33)34)21-10-11-24(23(16-21)28(29,30)31)38-26-18-36-17-22(37-26)15-20-7-3-2-4-8-20/h2-4,7-8,10-11,16,22,26H,1,5-6,9,12-15,17-18H2,(H,32,35). The Morgan fingerprint density at radius 1 is 1.16 bits per heavy atom. The summed E-state index contributed by atoms with van der Waals surface area (Å²) in [6, 6.07) is 13.5. The van der Waals surface area contributed by atoms with Crippen molar-refractivity contribution in [2.45, 2.75) is 48.3 Å². The van der Waals surface area contributed by atoms with E-state index in [0.29, 0.717) is 39.0 Å². The maximum Gasteiger partial charge on any atom is 0.417 e. The summed E-state index contributed by atoms with van der Waals surface area (Å²) in [5.41, 5.74) is -0.344. The topological polar surface area (TPSA) is 67.9 Å². The molecule has 6 nitrogen and oxygen atoms in total. The van der Waals surface area contributed by atoms with Crippen molar-refractivity contribution in [3.63, 3.8) is 0 Å². The van der Waals surface area contributed by atoms with Gasteiger partial charge in [0.25, 0.3) is 5.91 Å². The highest BCUT2D eigenvalue weighted by Gasteiger charge is 2.36. The minimum atomic E-state index is -4.63. The van der Waals surface area contributed by atoms with Gasteiger partial charge in [-0.05, 0) is 36.1 Å². The van der Waals surface area contributed by atoms with E-state index in [2.05, 4.69) is 11.9 Å². The fourth-order valence-electron chi connectivity index (χ4n) is 4.47. The normalized spacial score (nSPS) is 20.0. The Kier molecular flexibility index (Phi) is 9.51. The second-order valence-corrected chi connectivity index (χ2v) is 10.5. The summed E-state index contributed by atoms with van der Waals surface area (Å²) in [7, 11) is 0. The van der Waals surface area contributed by atoms with Gasteiger partial charge in [0.1, 0.15) is 5.44 Å². The van der Waals surface area contributed by atoms with E-state index in [4.69, 9.17) is 9.47 Å². The average Bonchev–Trinajstić information content (AvgIpc) is 3.31. The lowest BCUT2D eigenvalue weighted by molar-refractivity contribution is -0.140. The first-order valence-corrected chi connectivity index (χ1v) is 13.5. The van der Waals surface area contributed by atoms with Gasteiger partial charge in [0.2, 0.25) is 5.91 Å². The summed E-state index contributed by atoms with van der Waals surface area (Å²) >= 11 is 0.961. The number of nitrogens with one attached hydrogen (secondary N) is 1. The number of rotatable bonds is 10. The predicted molar refractivity (Wildman–Crippen MR) is 139 cm³/mol. The summed E-state index contributed by atoms with van der Waals surface area (Å²) in [6.45, 7) is 5.82. The molecular weight excluding hydrogens is 517 g/mol. The Morgan fingerprint density at radius 3 is 2.66 bits per heavy atom. The van der Waals surface area contributed by atoms with E-state index in [1.807, 2.05) is 30.3 Å². The van der Waals surface area contributed by atoms with Crippen LogP contribution in [0.5, 0.6) is 0 Å². The molecule has 2 atom stereocenters. The van der Waals surface area contributed by atoms with E-state index < -0.39 is 23.1 Å². The zero-order valence-corrected chi connectivity index (χ0v) is 21.8. The number of amides is 2. The van der Waals surface area contributed by atoms with Crippen LogP contribution in [0.3, 0.4) is 0 Å². The zero-order valence-electron chi connectivity index (χ0n) is 21.0.